The molecule has 20 heavy (non-hydrogen) atoms. The average molecular weight is 313 g/mol. The maximum atomic E-state index is 12.9. The van der Waals surface area contributed by atoms with Gasteiger partial charge in [-0.25, -0.2) is 4.79 Å². The van der Waals surface area contributed by atoms with Crippen LogP contribution in [0.1, 0.15) is 24.2 Å². The van der Waals surface area contributed by atoms with Crippen molar-refractivity contribution in [1.82, 2.24) is 0 Å². The summed E-state index contributed by atoms with van der Waals surface area (Å²) < 4.78 is 47.8. The molecular weight excluding hydrogens is 301 g/mol. The van der Waals surface area contributed by atoms with E-state index in [1.165, 1.54) is 6.92 Å². The predicted molar refractivity (Wildman–Crippen MR) is 64.6 cm³/mol. The summed E-state index contributed by atoms with van der Waals surface area (Å²) in [6.07, 6.45) is -6.65. The lowest BCUT2D eigenvalue weighted by atomic mass is 10.0. The van der Waals surface area contributed by atoms with Crippen molar-refractivity contribution in [2.45, 2.75) is 19.2 Å². The van der Waals surface area contributed by atoms with Gasteiger partial charge in [0.1, 0.15) is 5.75 Å². The fraction of sp³-hybridized carbons (Fsp3) is 0.417. The number of carbonyl (C=O) groups excluding carboxylic acids is 1. The molecule has 1 rings (SSSR count). The van der Waals surface area contributed by atoms with Gasteiger partial charge >= 0.3 is 12.1 Å². The highest BCUT2D eigenvalue weighted by molar-refractivity contribution is 6.30. The van der Waals surface area contributed by atoms with Crippen LogP contribution in [0.25, 0.3) is 0 Å². The summed E-state index contributed by atoms with van der Waals surface area (Å²) in [5, 5.41) is 9.49. The Balaban J connectivity index is 3.39. The minimum atomic E-state index is -4.74. The molecule has 0 amide bonds. The number of rotatable bonds is 4. The molecular formula is C12H12ClF3O4. The van der Waals surface area contributed by atoms with Crippen LogP contribution in [-0.4, -0.2) is 24.8 Å². The number of esters is 1. The van der Waals surface area contributed by atoms with Crippen LogP contribution in [0.4, 0.5) is 13.2 Å². The van der Waals surface area contributed by atoms with E-state index in [4.69, 9.17) is 11.6 Å². The number of alkyl halides is 3. The second kappa shape index (κ2) is 6.32. The monoisotopic (exact) mass is 312 g/mol. The number of benzene rings is 1. The van der Waals surface area contributed by atoms with Crippen LogP contribution in [0.2, 0.25) is 5.02 Å². The van der Waals surface area contributed by atoms with Crippen molar-refractivity contribution in [1.29, 1.82) is 0 Å². The van der Waals surface area contributed by atoms with E-state index in [-0.39, 0.29) is 11.6 Å². The van der Waals surface area contributed by atoms with Gasteiger partial charge in [-0.05, 0) is 19.1 Å². The Morgan fingerprint density at radius 3 is 2.50 bits per heavy atom. The third-order valence-electron chi connectivity index (χ3n) is 2.40. The zero-order valence-electron chi connectivity index (χ0n) is 10.6. The molecule has 0 fully saturated rings. The summed E-state index contributed by atoms with van der Waals surface area (Å²) in [5.41, 5.74) is -1.57. The number of halogens is 4. The molecule has 1 unspecified atom stereocenters. The van der Waals surface area contributed by atoms with Crippen LogP contribution in [0.3, 0.4) is 0 Å². The quantitative estimate of drug-likeness (QED) is 0.868. The molecule has 1 aromatic rings. The Morgan fingerprint density at radius 1 is 1.45 bits per heavy atom. The normalized spacial score (nSPS) is 12.9. The standard InChI is InChI=1S/C12H12ClF3O4/c1-3-20-11(18)9(17)7-4-6(13)5-8(10(7)19-2)12(14,15)16/h4-5,9,17H,3H2,1-2H3. The summed E-state index contributed by atoms with van der Waals surface area (Å²) in [6, 6.07) is 1.68. The number of carbonyl (C=O) groups is 1. The van der Waals surface area contributed by atoms with Gasteiger partial charge in [0, 0.05) is 10.6 Å². The highest BCUT2D eigenvalue weighted by Gasteiger charge is 2.37. The molecule has 1 atom stereocenters. The van der Waals surface area contributed by atoms with Crippen molar-refractivity contribution in [2.24, 2.45) is 0 Å². The Morgan fingerprint density at radius 2 is 2.05 bits per heavy atom. The number of aliphatic hydroxyl groups excluding tert-OH is 1. The zero-order valence-corrected chi connectivity index (χ0v) is 11.4. The van der Waals surface area contributed by atoms with Gasteiger partial charge in [-0.15, -0.1) is 0 Å². The lowest BCUT2D eigenvalue weighted by molar-refractivity contribution is -0.153. The first-order valence-electron chi connectivity index (χ1n) is 5.51. The minimum Gasteiger partial charge on any atom is -0.496 e. The lowest BCUT2D eigenvalue weighted by Crippen LogP contribution is -2.18. The summed E-state index contributed by atoms with van der Waals surface area (Å²) in [4.78, 5) is 11.4. The summed E-state index contributed by atoms with van der Waals surface area (Å²) in [5.74, 6) is -1.75. The Bertz CT molecular complexity index is 502. The molecule has 112 valence electrons. The summed E-state index contributed by atoms with van der Waals surface area (Å²) in [6.45, 7) is 1.48. The molecule has 8 heteroatoms. The third kappa shape index (κ3) is 3.55. The molecule has 0 aliphatic rings. The van der Waals surface area contributed by atoms with Crippen LogP contribution in [0.15, 0.2) is 12.1 Å². The molecule has 1 N–H and O–H groups in total. The molecule has 1 aromatic carbocycles. The van der Waals surface area contributed by atoms with Crippen LogP contribution < -0.4 is 4.74 Å². The molecule has 0 aromatic heterocycles. The van der Waals surface area contributed by atoms with Crippen molar-refractivity contribution in [2.75, 3.05) is 13.7 Å². The van der Waals surface area contributed by atoms with E-state index < -0.39 is 35.1 Å². The first-order valence-corrected chi connectivity index (χ1v) is 5.89. The highest BCUT2D eigenvalue weighted by atomic mass is 35.5. The Labute approximate surface area is 118 Å². The molecule has 0 bridgehead atoms. The molecule has 0 heterocycles. The first kappa shape index (κ1) is 16.6. The van der Waals surface area contributed by atoms with Crippen molar-refractivity contribution in [3.63, 3.8) is 0 Å². The molecule has 0 spiro atoms. The van der Waals surface area contributed by atoms with Crippen molar-refractivity contribution >= 4 is 17.6 Å². The van der Waals surface area contributed by atoms with Gasteiger partial charge in [0.15, 0.2) is 6.10 Å². The van der Waals surface area contributed by atoms with E-state index in [1.54, 1.807) is 0 Å². The SMILES string of the molecule is CCOC(=O)C(O)c1cc(Cl)cc(C(F)(F)F)c1OC. The van der Waals surface area contributed by atoms with Gasteiger partial charge in [0.25, 0.3) is 0 Å². The van der Waals surface area contributed by atoms with Gasteiger partial charge in [0.2, 0.25) is 0 Å². The Hall–Kier alpha value is -1.47. The van der Waals surface area contributed by atoms with Crippen molar-refractivity contribution < 1.29 is 32.5 Å². The van der Waals surface area contributed by atoms with E-state index in [2.05, 4.69) is 9.47 Å². The van der Waals surface area contributed by atoms with Crippen molar-refractivity contribution in [3.8, 4) is 5.75 Å². The first-order chi connectivity index (χ1) is 9.22. The van der Waals surface area contributed by atoms with Gasteiger partial charge < -0.3 is 14.6 Å². The van der Waals surface area contributed by atoms with Gasteiger partial charge in [-0.1, -0.05) is 11.6 Å². The predicted octanol–water partition coefficient (Wildman–Crippen LogP) is 2.96. The molecule has 0 saturated heterocycles. The number of aliphatic hydroxyl groups is 1. The van der Waals surface area contributed by atoms with E-state index in [1.807, 2.05) is 0 Å². The number of methoxy groups -OCH3 is 1. The van der Waals surface area contributed by atoms with Crippen LogP contribution >= 0.6 is 11.6 Å². The highest BCUT2D eigenvalue weighted by Crippen LogP contribution is 2.42. The van der Waals surface area contributed by atoms with E-state index in [0.717, 1.165) is 13.2 Å². The maximum Gasteiger partial charge on any atom is 0.420 e. The molecule has 0 aliphatic heterocycles. The van der Waals surface area contributed by atoms with Gasteiger partial charge in [-0.3, -0.25) is 0 Å². The Kier molecular flexibility index (Phi) is 5.24. The molecule has 4 nitrogen and oxygen atoms in total. The molecule has 0 radical (unpaired) electrons. The largest absolute Gasteiger partial charge is 0.496 e. The van der Waals surface area contributed by atoms with E-state index in [9.17, 15) is 23.1 Å². The zero-order chi connectivity index (χ0) is 15.5. The minimum absolute atomic E-state index is 0.0229. The fourth-order valence-electron chi connectivity index (χ4n) is 1.60. The van der Waals surface area contributed by atoms with Gasteiger partial charge in [0.05, 0.1) is 19.3 Å². The summed E-state index contributed by atoms with van der Waals surface area (Å²) in [7, 11) is 1.000. The summed E-state index contributed by atoms with van der Waals surface area (Å²) >= 11 is 5.59. The van der Waals surface area contributed by atoms with Gasteiger partial charge in [-0.2, -0.15) is 13.2 Å². The lowest BCUT2D eigenvalue weighted by Gasteiger charge is -2.18. The number of ether oxygens (including phenoxy) is 2. The van der Waals surface area contributed by atoms with E-state index in [0.29, 0.717) is 6.07 Å². The third-order valence-corrected chi connectivity index (χ3v) is 2.61. The second-order valence-corrected chi connectivity index (χ2v) is 4.16. The smallest absolute Gasteiger partial charge is 0.420 e. The van der Waals surface area contributed by atoms with Crippen LogP contribution in [0, 0.1) is 0 Å². The van der Waals surface area contributed by atoms with Crippen molar-refractivity contribution in [3.05, 3.63) is 28.3 Å². The molecule has 0 saturated carbocycles. The fourth-order valence-corrected chi connectivity index (χ4v) is 1.83. The average Bonchev–Trinajstić information content (AvgIpc) is 2.36. The van der Waals surface area contributed by atoms with Crippen LogP contribution in [-0.2, 0) is 15.7 Å². The molecule has 0 aliphatic carbocycles. The number of hydrogen-bond acceptors (Lipinski definition) is 4. The number of hydrogen-bond donors (Lipinski definition) is 1. The second-order valence-electron chi connectivity index (χ2n) is 3.73. The van der Waals surface area contributed by atoms with Crippen LogP contribution in [0.5, 0.6) is 5.75 Å². The maximum absolute atomic E-state index is 12.9. The topological polar surface area (TPSA) is 55.8 Å². The van der Waals surface area contributed by atoms with E-state index >= 15 is 0 Å².